The molecule has 1 amide bonds. The third kappa shape index (κ3) is 4.46. The fourth-order valence-corrected chi connectivity index (χ4v) is 4.72. The summed E-state index contributed by atoms with van der Waals surface area (Å²) < 4.78 is 7.46. The number of nitrogens with two attached hydrogens (primary N) is 1. The van der Waals surface area contributed by atoms with Crippen LogP contribution in [0.15, 0.2) is 47.6 Å². The lowest BCUT2D eigenvalue weighted by atomic mass is 10.0. The molecule has 1 aromatic heterocycles. The number of rotatable bonds is 7. The number of para-hydroxylation sites is 1. The highest BCUT2D eigenvalue weighted by atomic mass is 32.2. The SMILES string of the molecule is Cc1ccc(C(C)C)c(OCc2nnc(SC(C)C(=O)N3CCc4ccccc43)n2N)c1. The Hall–Kier alpha value is -3.00. The van der Waals surface area contributed by atoms with Crippen LogP contribution in [-0.4, -0.2) is 32.6 Å². The summed E-state index contributed by atoms with van der Waals surface area (Å²) in [6, 6.07) is 14.2. The molecule has 0 saturated heterocycles. The van der Waals surface area contributed by atoms with Gasteiger partial charge >= 0.3 is 0 Å². The van der Waals surface area contributed by atoms with Gasteiger partial charge in [-0.25, -0.2) is 4.68 Å². The van der Waals surface area contributed by atoms with Crippen molar-refractivity contribution in [1.29, 1.82) is 0 Å². The van der Waals surface area contributed by atoms with Crippen LogP contribution in [-0.2, 0) is 17.8 Å². The van der Waals surface area contributed by atoms with Gasteiger partial charge in [0.1, 0.15) is 12.4 Å². The van der Waals surface area contributed by atoms with Gasteiger partial charge in [-0.3, -0.25) is 4.79 Å². The maximum atomic E-state index is 13.1. The van der Waals surface area contributed by atoms with Crippen molar-refractivity contribution in [3.05, 3.63) is 65.0 Å². The van der Waals surface area contributed by atoms with Crippen LogP contribution in [0.3, 0.4) is 0 Å². The van der Waals surface area contributed by atoms with E-state index in [1.807, 2.05) is 43.0 Å². The quantitative estimate of drug-likeness (QED) is 0.430. The number of nitrogens with zero attached hydrogens (tertiary/aromatic N) is 4. The smallest absolute Gasteiger partial charge is 0.240 e. The molecule has 8 heteroatoms. The molecule has 1 aliphatic heterocycles. The van der Waals surface area contributed by atoms with Crippen molar-refractivity contribution in [2.75, 3.05) is 17.3 Å². The average molecular weight is 452 g/mol. The van der Waals surface area contributed by atoms with Crippen molar-refractivity contribution in [1.82, 2.24) is 14.9 Å². The van der Waals surface area contributed by atoms with Crippen LogP contribution in [0.1, 0.15) is 49.2 Å². The third-order valence-electron chi connectivity index (χ3n) is 5.67. The molecule has 0 aliphatic carbocycles. The minimum atomic E-state index is -0.342. The fourth-order valence-electron chi connectivity index (χ4n) is 3.87. The van der Waals surface area contributed by atoms with E-state index in [9.17, 15) is 4.79 Å². The molecule has 1 atom stereocenters. The highest BCUT2D eigenvalue weighted by Crippen LogP contribution is 2.31. The van der Waals surface area contributed by atoms with E-state index in [4.69, 9.17) is 10.6 Å². The highest BCUT2D eigenvalue weighted by molar-refractivity contribution is 8.00. The Morgan fingerprint density at radius 2 is 1.97 bits per heavy atom. The highest BCUT2D eigenvalue weighted by Gasteiger charge is 2.29. The topological polar surface area (TPSA) is 86.3 Å². The van der Waals surface area contributed by atoms with Gasteiger partial charge in [0.25, 0.3) is 0 Å². The molecule has 2 aromatic carbocycles. The molecular formula is C24H29N5O2S. The van der Waals surface area contributed by atoms with Gasteiger partial charge < -0.3 is 15.5 Å². The molecule has 0 saturated carbocycles. The van der Waals surface area contributed by atoms with Crippen LogP contribution in [0.25, 0.3) is 0 Å². The number of fused-ring (bicyclic) bond motifs is 1. The van der Waals surface area contributed by atoms with Crippen LogP contribution in [0.2, 0.25) is 0 Å². The van der Waals surface area contributed by atoms with Crippen LogP contribution in [0.5, 0.6) is 5.75 Å². The van der Waals surface area contributed by atoms with Gasteiger partial charge in [-0.05, 0) is 55.0 Å². The standard InChI is InChI=1S/C24H29N5O2S/c1-15(2)19-10-9-16(3)13-21(19)31-14-22-26-27-24(29(22)25)32-17(4)23(30)28-12-11-18-7-5-6-8-20(18)28/h5-10,13,15,17H,11-12,14,25H2,1-4H3. The average Bonchev–Trinajstić information content (AvgIpc) is 3.35. The number of nitrogen functional groups attached to an aromatic ring is 1. The van der Waals surface area contributed by atoms with Gasteiger partial charge in [0.15, 0.2) is 5.82 Å². The van der Waals surface area contributed by atoms with Gasteiger partial charge in [0.2, 0.25) is 11.1 Å². The normalized spacial score (nSPS) is 14.0. The van der Waals surface area contributed by atoms with Crippen molar-refractivity contribution < 1.29 is 9.53 Å². The van der Waals surface area contributed by atoms with E-state index < -0.39 is 0 Å². The van der Waals surface area contributed by atoms with Crippen molar-refractivity contribution in [3.63, 3.8) is 0 Å². The Labute approximate surface area is 192 Å². The number of thioether (sulfide) groups is 1. The lowest BCUT2D eigenvalue weighted by Gasteiger charge is -2.21. The summed E-state index contributed by atoms with van der Waals surface area (Å²) in [5.41, 5.74) is 4.47. The zero-order valence-electron chi connectivity index (χ0n) is 18.9. The first-order chi connectivity index (χ1) is 15.3. The summed E-state index contributed by atoms with van der Waals surface area (Å²) in [7, 11) is 0. The largest absolute Gasteiger partial charge is 0.485 e. The molecule has 1 unspecified atom stereocenters. The van der Waals surface area contributed by atoms with Gasteiger partial charge in [-0.2, -0.15) is 0 Å². The summed E-state index contributed by atoms with van der Waals surface area (Å²) in [5.74, 6) is 7.96. The summed E-state index contributed by atoms with van der Waals surface area (Å²) >= 11 is 1.31. The van der Waals surface area contributed by atoms with Gasteiger partial charge in [0, 0.05) is 12.2 Å². The Morgan fingerprint density at radius 3 is 2.75 bits per heavy atom. The molecule has 2 heterocycles. The van der Waals surface area contributed by atoms with Gasteiger partial charge in [0.05, 0.1) is 5.25 Å². The number of benzene rings is 2. The minimum Gasteiger partial charge on any atom is -0.485 e. The van der Waals surface area contributed by atoms with E-state index in [1.54, 1.807) is 0 Å². The van der Waals surface area contributed by atoms with Crippen molar-refractivity contribution in [2.24, 2.45) is 0 Å². The van der Waals surface area contributed by atoms with E-state index in [0.717, 1.165) is 29.0 Å². The van der Waals surface area contributed by atoms with E-state index >= 15 is 0 Å². The first-order valence-corrected chi connectivity index (χ1v) is 11.7. The number of carbonyl (C=O) groups is 1. The number of anilines is 1. The van der Waals surface area contributed by atoms with Crippen LogP contribution < -0.4 is 15.5 Å². The molecule has 0 bridgehead atoms. The lowest BCUT2D eigenvalue weighted by Crippen LogP contribution is -2.35. The molecule has 168 valence electrons. The summed E-state index contributed by atoms with van der Waals surface area (Å²) in [5, 5.41) is 8.54. The second-order valence-electron chi connectivity index (χ2n) is 8.38. The van der Waals surface area contributed by atoms with Crippen LogP contribution in [0.4, 0.5) is 5.69 Å². The summed E-state index contributed by atoms with van der Waals surface area (Å²) in [6.07, 6.45) is 0.880. The maximum absolute atomic E-state index is 13.1. The molecule has 0 fully saturated rings. The monoisotopic (exact) mass is 451 g/mol. The molecule has 1 aliphatic rings. The van der Waals surface area contributed by atoms with E-state index in [2.05, 4.69) is 42.2 Å². The molecule has 0 radical (unpaired) electrons. The second kappa shape index (κ2) is 9.24. The van der Waals surface area contributed by atoms with Crippen LogP contribution >= 0.6 is 11.8 Å². The third-order valence-corrected chi connectivity index (χ3v) is 6.71. The number of ether oxygens (including phenoxy) is 1. The first-order valence-electron chi connectivity index (χ1n) is 10.8. The molecule has 3 aromatic rings. The van der Waals surface area contributed by atoms with Crippen molar-refractivity contribution in [2.45, 2.75) is 57.0 Å². The van der Waals surface area contributed by atoms with Crippen LogP contribution in [0, 0.1) is 6.92 Å². The predicted octanol–water partition coefficient (Wildman–Crippen LogP) is 4.07. The van der Waals surface area contributed by atoms with Gasteiger partial charge in [-0.1, -0.05) is 55.9 Å². The second-order valence-corrected chi connectivity index (χ2v) is 9.69. The summed E-state index contributed by atoms with van der Waals surface area (Å²) in [6.45, 7) is 9.08. The summed E-state index contributed by atoms with van der Waals surface area (Å²) in [4.78, 5) is 14.9. The molecule has 7 nitrogen and oxygen atoms in total. The van der Waals surface area contributed by atoms with E-state index in [1.165, 1.54) is 22.0 Å². The number of amides is 1. The molecule has 0 spiro atoms. The lowest BCUT2D eigenvalue weighted by molar-refractivity contribution is -0.117. The van der Waals surface area contributed by atoms with Crippen molar-refractivity contribution in [3.8, 4) is 5.75 Å². The predicted molar refractivity (Wildman–Crippen MR) is 128 cm³/mol. The zero-order chi connectivity index (χ0) is 22.8. The van der Waals surface area contributed by atoms with Gasteiger partial charge in [-0.15, -0.1) is 10.2 Å². The number of aryl methyl sites for hydroxylation is 1. The molecular weight excluding hydrogens is 422 g/mol. The number of carbonyl (C=O) groups excluding carboxylic acids is 1. The zero-order valence-corrected chi connectivity index (χ0v) is 19.7. The number of hydrogen-bond donors (Lipinski definition) is 1. The molecule has 4 rings (SSSR count). The molecule has 2 N–H and O–H groups in total. The van der Waals surface area contributed by atoms with E-state index in [-0.39, 0.29) is 17.8 Å². The minimum absolute atomic E-state index is 0.0436. The van der Waals surface area contributed by atoms with E-state index in [0.29, 0.717) is 23.4 Å². The first kappa shape index (κ1) is 22.2. The number of aromatic nitrogens is 3. The molecule has 32 heavy (non-hydrogen) atoms. The Kier molecular flexibility index (Phi) is 6.41. The Morgan fingerprint density at radius 1 is 1.19 bits per heavy atom. The number of hydrogen-bond acceptors (Lipinski definition) is 6. The fraction of sp³-hybridized carbons (Fsp3) is 0.375. The Bertz CT molecular complexity index is 1130. The maximum Gasteiger partial charge on any atom is 0.240 e. The van der Waals surface area contributed by atoms with Crippen molar-refractivity contribution >= 4 is 23.4 Å². The Balaban J connectivity index is 1.42.